The first-order valence-electron chi connectivity index (χ1n) is 4.18. The van der Waals surface area contributed by atoms with Crippen LogP contribution in [0.2, 0.25) is 0 Å². The first-order valence-corrected chi connectivity index (χ1v) is 4.18. The van der Waals surface area contributed by atoms with Gasteiger partial charge in [-0.25, -0.2) is 4.39 Å². The molecule has 4 heteroatoms. The molecule has 2 rings (SSSR count). The lowest BCUT2D eigenvalue weighted by molar-refractivity contribution is 0.0782. The third-order valence-corrected chi connectivity index (χ3v) is 2.29. The van der Waals surface area contributed by atoms with Crippen LogP contribution in [0.5, 0.6) is 0 Å². The molecule has 1 aromatic heterocycles. The van der Waals surface area contributed by atoms with Gasteiger partial charge in [-0.05, 0) is 13.0 Å². The first kappa shape index (κ1) is 7.73. The zero-order chi connectivity index (χ0) is 8.60. The van der Waals surface area contributed by atoms with Crippen molar-refractivity contribution in [2.75, 3.05) is 13.1 Å². The van der Waals surface area contributed by atoms with E-state index in [0.29, 0.717) is 18.8 Å². The molecule has 1 aliphatic heterocycles. The lowest BCUT2D eigenvalue weighted by Crippen LogP contribution is -2.54. The van der Waals surface area contributed by atoms with Crippen molar-refractivity contribution in [3.63, 3.8) is 0 Å². The Labute approximate surface area is 70.6 Å². The largest absolute Gasteiger partial charge is 0.309 e. The molecule has 0 atom stereocenters. The number of nitrogens with zero attached hydrogens (tertiary/aromatic N) is 2. The van der Waals surface area contributed by atoms with Gasteiger partial charge in [-0.2, -0.15) is 5.10 Å². The second-order valence-corrected chi connectivity index (χ2v) is 3.10. The summed E-state index contributed by atoms with van der Waals surface area (Å²) in [6.45, 7) is 3.53. The van der Waals surface area contributed by atoms with Gasteiger partial charge in [0.05, 0.1) is 5.69 Å². The van der Waals surface area contributed by atoms with Gasteiger partial charge in [-0.3, -0.25) is 4.68 Å². The van der Waals surface area contributed by atoms with Crippen molar-refractivity contribution in [1.29, 1.82) is 0 Å². The second-order valence-electron chi connectivity index (χ2n) is 3.10. The summed E-state index contributed by atoms with van der Waals surface area (Å²) in [4.78, 5) is 0. The Bertz CT molecular complexity index is 278. The van der Waals surface area contributed by atoms with E-state index in [1.807, 2.05) is 6.92 Å². The van der Waals surface area contributed by atoms with Gasteiger partial charge in [0.25, 0.3) is 0 Å². The Hall–Kier alpha value is -0.900. The van der Waals surface area contributed by atoms with Crippen LogP contribution in [0.4, 0.5) is 4.39 Å². The number of hydrogen-bond acceptors (Lipinski definition) is 2. The molecule has 12 heavy (non-hydrogen) atoms. The molecular weight excluding hydrogens is 157 g/mol. The molecule has 2 heterocycles. The summed E-state index contributed by atoms with van der Waals surface area (Å²) in [7, 11) is 0. The smallest absolute Gasteiger partial charge is 0.176 e. The number of hydrogen-bond donors (Lipinski definition) is 1. The molecule has 1 saturated heterocycles. The summed E-state index contributed by atoms with van der Waals surface area (Å²) in [5.74, 6) is 0. The molecule has 0 bridgehead atoms. The highest BCUT2D eigenvalue weighted by Gasteiger charge is 2.41. The number of aryl methyl sites for hydroxylation is 1. The topological polar surface area (TPSA) is 29.9 Å². The summed E-state index contributed by atoms with van der Waals surface area (Å²) < 4.78 is 15.5. The van der Waals surface area contributed by atoms with Crippen molar-refractivity contribution in [2.45, 2.75) is 19.1 Å². The molecule has 1 N–H and O–H groups in total. The van der Waals surface area contributed by atoms with Crippen molar-refractivity contribution in [3.8, 4) is 0 Å². The maximum absolute atomic E-state index is 13.8. The van der Waals surface area contributed by atoms with E-state index >= 15 is 0 Å². The minimum atomic E-state index is -1.17. The van der Waals surface area contributed by atoms with Crippen LogP contribution in [-0.2, 0) is 12.2 Å². The van der Waals surface area contributed by atoms with E-state index in [-0.39, 0.29) is 0 Å². The quantitative estimate of drug-likeness (QED) is 0.705. The Morgan fingerprint density at radius 1 is 1.75 bits per heavy atom. The SMILES string of the molecule is CCn1nccc1C1(F)CNC1. The fourth-order valence-corrected chi connectivity index (χ4v) is 1.49. The summed E-state index contributed by atoms with van der Waals surface area (Å²) in [6, 6.07) is 1.75. The van der Waals surface area contributed by atoms with Crippen LogP contribution in [-0.4, -0.2) is 22.9 Å². The van der Waals surface area contributed by atoms with E-state index in [1.54, 1.807) is 16.9 Å². The Morgan fingerprint density at radius 3 is 3.00 bits per heavy atom. The summed E-state index contributed by atoms with van der Waals surface area (Å²) in [5.41, 5.74) is -0.476. The van der Waals surface area contributed by atoms with Crippen LogP contribution in [0.3, 0.4) is 0 Å². The third kappa shape index (κ3) is 0.948. The summed E-state index contributed by atoms with van der Waals surface area (Å²) >= 11 is 0. The van der Waals surface area contributed by atoms with Gasteiger partial charge < -0.3 is 5.32 Å². The normalized spacial score (nSPS) is 20.5. The number of nitrogens with one attached hydrogen (secondary N) is 1. The van der Waals surface area contributed by atoms with E-state index in [0.717, 1.165) is 6.54 Å². The average molecular weight is 169 g/mol. The highest BCUT2D eigenvalue weighted by Crippen LogP contribution is 2.29. The van der Waals surface area contributed by atoms with E-state index in [4.69, 9.17) is 0 Å². The molecule has 0 aliphatic carbocycles. The summed E-state index contributed by atoms with van der Waals surface area (Å²) in [6.07, 6.45) is 1.65. The number of aromatic nitrogens is 2. The Balaban J connectivity index is 2.31. The molecule has 0 radical (unpaired) electrons. The summed E-state index contributed by atoms with van der Waals surface area (Å²) in [5, 5.41) is 6.96. The molecule has 66 valence electrons. The first-order chi connectivity index (χ1) is 5.76. The predicted molar refractivity (Wildman–Crippen MR) is 43.6 cm³/mol. The standard InChI is InChI=1S/C8H12FN3/c1-2-12-7(3-4-11-12)8(9)5-10-6-8/h3-4,10H,2,5-6H2,1H3. The highest BCUT2D eigenvalue weighted by atomic mass is 19.1. The fraction of sp³-hybridized carbons (Fsp3) is 0.625. The van der Waals surface area contributed by atoms with Crippen molar-refractivity contribution in [2.24, 2.45) is 0 Å². The van der Waals surface area contributed by atoms with Gasteiger partial charge in [-0.15, -0.1) is 0 Å². The second kappa shape index (κ2) is 2.55. The maximum Gasteiger partial charge on any atom is 0.176 e. The minimum Gasteiger partial charge on any atom is -0.309 e. The van der Waals surface area contributed by atoms with Crippen LogP contribution < -0.4 is 5.32 Å². The fourth-order valence-electron chi connectivity index (χ4n) is 1.49. The van der Waals surface area contributed by atoms with Crippen LogP contribution in [0.25, 0.3) is 0 Å². The molecule has 0 amide bonds. The number of halogens is 1. The van der Waals surface area contributed by atoms with Crippen molar-refractivity contribution >= 4 is 0 Å². The maximum atomic E-state index is 13.8. The zero-order valence-corrected chi connectivity index (χ0v) is 7.05. The minimum absolute atomic E-state index is 0.415. The zero-order valence-electron chi connectivity index (χ0n) is 7.05. The number of rotatable bonds is 2. The average Bonchev–Trinajstić information content (AvgIpc) is 2.47. The third-order valence-electron chi connectivity index (χ3n) is 2.29. The van der Waals surface area contributed by atoms with Crippen LogP contribution in [0, 0.1) is 0 Å². The molecular formula is C8H12FN3. The van der Waals surface area contributed by atoms with Crippen molar-refractivity contribution < 1.29 is 4.39 Å². The van der Waals surface area contributed by atoms with Gasteiger partial charge in [0.1, 0.15) is 0 Å². The van der Waals surface area contributed by atoms with E-state index in [9.17, 15) is 4.39 Å². The molecule has 3 nitrogen and oxygen atoms in total. The lowest BCUT2D eigenvalue weighted by atomic mass is 9.95. The van der Waals surface area contributed by atoms with Crippen molar-refractivity contribution in [1.82, 2.24) is 15.1 Å². The van der Waals surface area contributed by atoms with E-state index < -0.39 is 5.67 Å². The van der Waals surface area contributed by atoms with Crippen LogP contribution in [0.15, 0.2) is 12.3 Å². The molecule has 0 spiro atoms. The predicted octanol–water partition coefficient (Wildman–Crippen LogP) is 0.671. The van der Waals surface area contributed by atoms with Gasteiger partial charge in [0.15, 0.2) is 5.67 Å². The molecule has 0 saturated carbocycles. The van der Waals surface area contributed by atoms with Gasteiger partial charge in [0.2, 0.25) is 0 Å². The van der Waals surface area contributed by atoms with Crippen LogP contribution >= 0.6 is 0 Å². The number of alkyl halides is 1. The molecule has 1 fully saturated rings. The highest BCUT2D eigenvalue weighted by molar-refractivity contribution is 5.17. The van der Waals surface area contributed by atoms with Crippen molar-refractivity contribution in [3.05, 3.63) is 18.0 Å². The molecule has 1 aromatic rings. The van der Waals surface area contributed by atoms with Gasteiger partial charge in [0, 0.05) is 25.8 Å². The molecule has 0 aromatic carbocycles. The monoisotopic (exact) mass is 169 g/mol. The van der Waals surface area contributed by atoms with Crippen LogP contribution in [0.1, 0.15) is 12.6 Å². The Morgan fingerprint density at radius 2 is 2.50 bits per heavy atom. The lowest BCUT2D eigenvalue weighted by Gasteiger charge is -2.35. The van der Waals surface area contributed by atoms with Gasteiger partial charge in [-0.1, -0.05) is 0 Å². The molecule has 0 unspecified atom stereocenters. The Kier molecular flexibility index (Phi) is 1.65. The van der Waals surface area contributed by atoms with E-state index in [1.165, 1.54) is 0 Å². The molecule has 1 aliphatic rings. The van der Waals surface area contributed by atoms with E-state index in [2.05, 4.69) is 10.4 Å². The van der Waals surface area contributed by atoms with Gasteiger partial charge >= 0.3 is 0 Å².